The quantitative estimate of drug-likeness (QED) is 0.863. The molecule has 0 aliphatic heterocycles. The molecule has 0 aliphatic rings. The number of anilines is 2. The Hall–Kier alpha value is -1.60. The van der Waals surface area contributed by atoms with E-state index < -0.39 is 15.7 Å². The number of amides is 2. The first-order valence-electron chi connectivity index (χ1n) is 5.72. The predicted molar refractivity (Wildman–Crippen MR) is 78.7 cm³/mol. The Morgan fingerprint density at radius 3 is 2.40 bits per heavy atom. The van der Waals surface area contributed by atoms with Crippen molar-refractivity contribution in [3.05, 3.63) is 23.2 Å². The molecule has 20 heavy (non-hydrogen) atoms. The first-order valence-corrected chi connectivity index (χ1v) is 8.16. The molecule has 1 aromatic carbocycles. The molecule has 0 spiro atoms. The molecule has 6 nitrogen and oxygen atoms in total. The van der Waals surface area contributed by atoms with Crippen molar-refractivity contribution in [1.29, 1.82) is 0 Å². The second kappa shape index (κ2) is 6.71. The highest BCUT2D eigenvalue weighted by Gasteiger charge is 2.11. The smallest absolute Gasteiger partial charge is 0.225 e. The second-order valence-electron chi connectivity index (χ2n) is 4.30. The summed E-state index contributed by atoms with van der Waals surface area (Å²) in [6, 6.07) is 4.60. The Kier molecular flexibility index (Phi) is 5.52. The average molecular weight is 319 g/mol. The van der Waals surface area contributed by atoms with Gasteiger partial charge in [0, 0.05) is 24.6 Å². The van der Waals surface area contributed by atoms with Crippen LogP contribution in [0.15, 0.2) is 18.2 Å². The standard InChI is InChI=1S/C12H15ClN2O4S/c1-8(16)14-10-4-3-9(13)7-11(10)15-12(17)5-6-20(2,18)19/h3-4,7H,5-6H2,1-2H3,(H,14,16)(H,15,17). The van der Waals surface area contributed by atoms with Gasteiger partial charge < -0.3 is 10.6 Å². The van der Waals surface area contributed by atoms with Crippen molar-refractivity contribution in [3.63, 3.8) is 0 Å². The molecular formula is C12H15ClN2O4S. The van der Waals surface area contributed by atoms with Gasteiger partial charge in [-0.2, -0.15) is 0 Å². The van der Waals surface area contributed by atoms with Gasteiger partial charge in [-0.15, -0.1) is 0 Å². The normalized spacial score (nSPS) is 10.9. The predicted octanol–water partition coefficient (Wildman–Crippen LogP) is 1.67. The van der Waals surface area contributed by atoms with Gasteiger partial charge in [-0.3, -0.25) is 9.59 Å². The van der Waals surface area contributed by atoms with Crippen LogP contribution in [-0.4, -0.2) is 32.2 Å². The number of benzene rings is 1. The molecule has 0 fully saturated rings. The van der Waals surface area contributed by atoms with E-state index in [1.807, 2.05) is 0 Å². The molecule has 0 saturated heterocycles. The fraction of sp³-hybridized carbons (Fsp3) is 0.333. The van der Waals surface area contributed by atoms with E-state index in [4.69, 9.17) is 11.6 Å². The minimum absolute atomic E-state index is 0.162. The van der Waals surface area contributed by atoms with E-state index in [2.05, 4.69) is 10.6 Å². The molecule has 0 bridgehead atoms. The molecule has 0 aromatic heterocycles. The lowest BCUT2D eigenvalue weighted by Crippen LogP contribution is -2.18. The van der Waals surface area contributed by atoms with Crippen LogP contribution in [0.4, 0.5) is 11.4 Å². The summed E-state index contributed by atoms with van der Waals surface area (Å²) in [5.74, 6) is -1.00. The van der Waals surface area contributed by atoms with Crippen molar-refractivity contribution >= 4 is 44.6 Å². The third kappa shape index (κ3) is 6.03. The highest BCUT2D eigenvalue weighted by Crippen LogP contribution is 2.26. The zero-order valence-corrected chi connectivity index (χ0v) is 12.6. The van der Waals surface area contributed by atoms with Crippen LogP contribution < -0.4 is 10.6 Å². The second-order valence-corrected chi connectivity index (χ2v) is 7.00. The Labute approximate surface area is 122 Å². The SMILES string of the molecule is CC(=O)Nc1ccc(Cl)cc1NC(=O)CCS(C)(=O)=O. The average Bonchev–Trinajstić information content (AvgIpc) is 2.29. The summed E-state index contributed by atoms with van der Waals surface area (Å²) in [6.45, 7) is 1.34. The van der Waals surface area contributed by atoms with E-state index >= 15 is 0 Å². The number of hydrogen-bond acceptors (Lipinski definition) is 4. The first-order chi connectivity index (χ1) is 9.17. The van der Waals surface area contributed by atoms with Gasteiger partial charge in [0.05, 0.1) is 17.1 Å². The van der Waals surface area contributed by atoms with E-state index in [1.165, 1.54) is 13.0 Å². The number of carbonyl (C=O) groups is 2. The Morgan fingerprint density at radius 1 is 1.20 bits per heavy atom. The summed E-state index contributed by atoms with van der Waals surface area (Å²) in [5, 5.41) is 5.46. The van der Waals surface area contributed by atoms with Crippen molar-refractivity contribution < 1.29 is 18.0 Å². The van der Waals surface area contributed by atoms with E-state index in [9.17, 15) is 18.0 Å². The summed E-state index contributed by atoms with van der Waals surface area (Å²) < 4.78 is 22.0. The highest BCUT2D eigenvalue weighted by atomic mass is 35.5. The van der Waals surface area contributed by atoms with Gasteiger partial charge in [-0.1, -0.05) is 11.6 Å². The van der Waals surface area contributed by atoms with Gasteiger partial charge in [0.2, 0.25) is 11.8 Å². The summed E-state index contributed by atoms with van der Waals surface area (Å²) >= 11 is 5.83. The van der Waals surface area contributed by atoms with Crippen molar-refractivity contribution in [2.45, 2.75) is 13.3 Å². The molecule has 2 N–H and O–H groups in total. The van der Waals surface area contributed by atoms with Crippen molar-refractivity contribution in [2.24, 2.45) is 0 Å². The molecule has 0 saturated carbocycles. The molecule has 0 aliphatic carbocycles. The van der Waals surface area contributed by atoms with E-state index in [1.54, 1.807) is 12.1 Å². The molecule has 0 heterocycles. The minimum atomic E-state index is -3.21. The summed E-state index contributed by atoms with van der Waals surface area (Å²) in [6.07, 6.45) is 0.896. The number of halogens is 1. The lowest BCUT2D eigenvalue weighted by Gasteiger charge is -2.11. The molecule has 8 heteroatoms. The third-order valence-electron chi connectivity index (χ3n) is 2.27. The van der Waals surface area contributed by atoms with Crippen LogP contribution in [0.1, 0.15) is 13.3 Å². The number of carbonyl (C=O) groups excluding carboxylic acids is 2. The maximum Gasteiger partial charge on any atom is 0.225 e. The molecule has 0 unspecified atom stereocenters. The first kappa shape index (κ1) is 16.5. The summed E-state index contributed by atoms with van der Waals surface area (Å²) in [7, 11) is -3.21. The molecule has 2 amide bonds. The van der Waals surface area contributed by atoms with Gasteiger partial charge in [-0.05, 0) is 18.2 Å². The van der Waals surface area contributed by atoms with Crippen LogP contribution in [0.3, 0.4) is 0 Å². The summed E-state index contributed by atoms with van der Waals surface area (Å²) in [5.41, 5.74) is 0.723. The third-order valence-corrected chi connectivity index (χ3v) is 3.45. The fourth-order valence-electron chi connectivity index (χ4n) is 1.41. The lowest BCUT2D eigenvalue weighted by atomic mass is 10.2. The number of sulfone groups is 1. The van der Waals surface area contributed by atoms with Gasteiger partial charge in [0.25, 0.3) is 0 Å². The summed E-state index contributed by atoms with van der Waals surface area (Å²) in [4.78, 5) is 22.7. The topological polar surface area (TPSA) is 92.3 Å². The fourth-order valence-corrected chi connectivity index (χ4v) is 2.14. The zero-order chi connectivity index (χ0) is 15.3. The maximum atomic E-state index is 11.7. The van der Waals surface area contributed by atoms with Crippen LogP contribution in [0.2, 0.25) is 5.02 Å². The highest BCUT2D eigenvalue weighted by molar-refractivity contribution is 7.90. The maximum absolute atomic E-state index is 11.7. The number of nitrogens with one attached hydrogen (secondary N) is 2. The van der Waals surface area contributed by atoms with Crippen LogP contribution in [0.5, 0.6) is 0 Å². The van der Waals surface area contributed by atoms with Crippen LogP contribution in [0.25, 0.3) is 0 Å². The zero-order valence-electron chi connectivity index (χ0n) is 11.1. The van der Waals surface area contributed by atoms with Crippen molar-refractivity contribution in [2.75, 3.05) is 22.6 Å². The molecule has 0 atom stereocenters. The van der Waals surface area contributed by atoms with E-state index in [0.29, 0.717) is 16.4 Å². The van der Waals surface area contributed by atoms with Gasteiger partial charge in [0.1, 0.15) is 9.84 Å². The van der Waals surface area contributed by atoms with E-state index in [0.717, 1.165) is 6.26 Å². The Bertz CT molecular complexity index is 628. The minimum Gasteiger partial charge on any atom is -0.325 e. The molecular weight excluding hydrogens is 304 g/mol. The number of hydrogen-bond donors (Lipinski definition) is 2. The Balaban J connectivity index is 2.82. The van der Waals surface area contributed by atoms with Crippen LogP contribution in [0, 0.1) is 0 Å². The molecule has 1 aromatic rings. The largest absolute Gasteiger partial charge is 0.325 e. The Morgan fingerprint density at radius 2 is 1.85 bits per heavy atom. The van der Waals surface area contributed by atoms with Gasteiger partial charge in [0.15, 0.2) is 0 Å². The number of rotatable bonds is 5. The molecule has 1 rings (SSSR count). The monoisotopic (exact) mass is 318 g/mol. The van der Waals surface area contributed by atoms with Crippen LogP contribution >= 0.6 is 11.6 Å². The van der Waals surface area contributed by atoms with Crippen molar-refractivity contribution in [3.8, 4) is 0 Å². The van der Waals surface area contributed by atoms with E-state index in [-0.39, 0.29) is 18.1 Å². The van der Waals surface area contributed by atoms with Gasteiger partial charge >= 0.3 is 0 Å². The van der Waals surface area contributed by atoms with Crippen LogP contribution in [-0.2, 0) is 19.4 Å². The lowest BCUT2D eigenvalue weighted by molar-refractivity contribution is -0.116. The molecule has 0 radical (unpaired) electrons. The van der Waals surface area contributed by atoms with Crippen molar-refractivity contribution in [1.82, 2.24) is 0 Å². The molecule has 110 valence electrons. The van der Waals surface area contributed by atoms with Gasteiger partial charge in [-0.25, -0.2) is 8.42 Å².